The minimum absolute atomic E-state index is 0.0300. The van der Waals surface area contributed by atoms with E-state index in [1.54, 1.807) is 17.4 Å². The minimum Gasteiger partial charge on any atom is -0.348 e. The Morgan fingerprint density at radius 3 is 2.50 bits per heavy atom. The van der Waals surface area contributed by atoms with Crippen molar-refractivity contribution in [3.05, 3.63) is 28.5 Å². The molecule has 1 N–H and O–H groups in total. The third kappa shape index (κ3) is 6.01. The van der Waals surface area contributed by atoms with Gasteiger partial charge in [0.25, 0.3) is 0 Å². The van der Waals surface area contributed by atoms with Crippen LogP contribution in [0.4, 0.5) is 0 Å². The Morgan fingerprint density at radius 1 is 1.33 bits per heavy atom. The predicted octanol–water partition coefficient (Wildman–Crippen LogP) is 4.09. The van der Waals surface area contributed by atoms with Crippen LogP contribution in [0.3, 0.4) is 0 Å². The Labute approximate surface area is 114 Å². The lowest BCUT2D eigenvalue weighted by Crippen LogP contribution is -2.45. The van der Waals surface area contributed by atoms with Crippen LogP contribution in [0.1, 0.15) is 45.9 Å². The third-order valence-corrected chi connectivity index (χ3v) is 3.21. The maximum absolute atomic E-state index is 11.8. The fourth-order valence-corrected chi connectivity index (χ4v) is 2.91. The largest absolute Gasteiger partial charge is 0.348 e. The van der Waals surface area contributed by atoms with E-state index in [-0.39, 0.29) is 16.9 Å². The first-order chi connectivity index (χ1) is 8.18. The summed E-state index contributed by atoms with van der Waals surface area (Å²) in [5.74, 6) is -0.0300. The summed E-state index contributed by atoms with van der Waals surface area (Å²) in [4.78, 5) is 12.9. The Morgan fingerprint density at radius 2 is 2.00 bits per heavy atom. The SMILES string of the molecule is CC(C)(C)CC(C)(C)NC(=O)/C=C/c1cccs1. The molecule has 0 aliphatic heterocycles. The molecule has 2 nitrogen and oxygen atoms in total. The van der Waals surface area contributed by atoms with E-state index in [1.807, 2.05) is 23.6 Å². The van der Waals surface area contributed by atoms with Gasteiger partial charge in [0.2, 0.25) is 5.91 Å². The van der Waals surface area contributed by atoms with Crippen molar-refractivity contribution in [3.63, 3.8) is 0 Å². The molecule has 1 amide bonds. The maximum Gasteiger partial charge on any atom is 0.244 e. The average molecular weight is 265 g/mol. The number of carbonyl (C=O) groups excluding carboxylic acids is 1. The fraction of sp³-hybridized carbons (Fsp3) is 0.533. The number of carbonyl (C=O) groups is 1. The number of thiophene rings is 1. The van der Waals surface area contributed by atoms with Crippen molar-refractivity contribution in [3.8, 4) is 0 Å². The average Bonchev–Trinajstić information content (AvgIpc) is 2.61. The zero-order chi connectivity index (χ0) is 13.8. The molecule has 0 radical (unpaired) electrons. The van der Waals surface area contributed by atoms with Crippen molar-refractivity contribution in [1.29, 1.82) is 0 Å². The van der Waals surface area contributed by atoms with Crippen molar-refractivity contribution in [2.45, 2.75) is 46.6 Å². The Bertz CT molecular complexity index is 410. The topological polar surface area (TPSA) is 29.1 Å². The summed E-state index contributed by atoms with van der Waals surface area (Å²) in [5.41, 5.74) is 0.0172. The summed E-state index contributed by atoms with van der Waals surface area (Å²) < 4.78 is 0. The summed E-state index contributed by atoms with van der Waals surface area (Å²) in [5, 5.41) is 5.06. The van der Waals surface area contributed by atoms with Gasteiger partial charge in [0.1, 0.15) is 0 Å². The fourth-order valence-electron chi connectivity index (χ4n) is 2.29. The van der Waals surface area contributed by atoms with E-state index >= 15 is 0 Å². The molecule has 18 heavy (non-hydrogen) atoms. The molecule has 0 aliphatic carbocycles. The maximum atomic E-state index is 11.8. The summed E-state index contributed by atoms with van der Waals surface area (Å²) in [6.45, 7) is 10.7. The van der Waals surface area contributed by atoms with E-state index in [0.717, 1.165) is 11.3 Å². The summed E-state index contributed by atoms with van der Waals surface area (Å²) in [6.07, 6.45) is 4.40. The highest BCUT2D eigenvalue weighted by molar-refractivity contribution is 7.10. The van der Waals surface area contributed by atoms with Crippen LogP contribution in [0.5, 0.6) is 0 Å². The van der Waals surface area contributed by atoms with Crippen molar-refractivity contribution in [2.24, 2.45) is 5.41 Å². The van der Waals surface area contributed by atoms with E-state index in [2.05, 4.69) is 39.9 Å². The van der Waals surface area contributed by atoms with E-state index in [0.29, 0.717) is 0 Å². The molecule has 0 unspecified atom stereocenters. The molecular formula is C15H23NOS. The lowest BCUT2D eigenvalue weighted by atomic mass is 9.82. The first-order valence-electron chi connectivity index (χ1n) is 6.22. The third-order valence-electron chi connectivity index (χ3n) is 2.38. The Balaban J connectivity index is 2.54. The van der Waals surface area contributed by atoms with Crippen LogP contribution >= 0.6 is 11.3 Å². The van der Waals surface area contributed by atoms with Crippen LogP contribution in [0.2, 0.25) is 0 Å². The van der Waals surface area contributed by atoms with Gasteiger partial charge in [0, 0.05) is 16.5 Å². The molecule has 0 atom stereocenters. The second kappa shape index (κ2) is 5.70. The van der Waals surface area contributed by atoms with Gasteiger partial charge in [-0.3, -0.25) is 4.79 Å². The predicted molar refractivity (Wildman–Crippen MR) is 79.6 cm³/mol. The molecule has 0 saturated carbocycles. The van der Waals surface area contributed by atoms with Gasteiger partial charge in [0.15, 0.2) is 0 Å². The van der Waals surface area contributed by atoms with Crippen molar-refractivity contribution >= 4 is 23.3 Å². The van der Waals surface area contributed by atoms with E-state index in [4.69, 9.17) is 0 Å². The quantitative estimate of drug-likeness (QED) is 0.816. The molecule has 1 heterocycles. The first-order valence-corrected chi connectivity index (χ1v) is 7.10. The van der Waals surface area contributed by atoms with Crippen LogP contribution < -0.4 is 5.32 Å². The van der Waals surface area contributed by atoms with Gasteiger partial charge in [-0.1, -0.05) is 26.8 Å². The lowest BCUT2D eigenvalue weighted by molar-refractivity contribution is -0.118. The zero-order valence-electron chi connectivity index (χ0n) is 11.9. The van der Waals surface area contributed by atoms with Crippen LogP contribution in [-0.2, 0) is 4.79 Å². The molecule has 0 bridgehead atoms. The molecule has 0 aliphatic rings. The van der Waals surface area contributed by atoms with Crippen molar-refractivity contribution in [2.75, 3.05) is 0 Å². The molecule has 1 rings (SSSR count). The van der Waals surface area contributed by atoms with Crippen LogP contribution in [-0.4, -0.2) is 11.4 Å². The summed E-state index contributed by atoms with van der Waals surface area (Å²) in [7, 11) is 0. The van der Waals surface area contributed by atoms with Gasteiger partial charge in [-0.15, -0.1) is 11.3 Å². The van der Waals surface area contributed by atoms with Gasteiger partial charge in [-0.05, 0) is 43.2 Å². The standard InChI is InChI=1S/C15H23NOS/c1-14(2,3)11-15(4,5)16-13(17)9-8-12-7-6-10-18-12/h6-10H,11H2,1-5H3,(H,16,17)/b9-8+. The molecule has 1 aromatic rings. The molecule has 3 heteroatoms. The number of amides is 1. The van der Waals surface area contributed by atoms with Gasteiger partial charge in [-0.2, -0.15) is 0 Å². The van der Waals surface area contributed by atoms with E-state index in [9.17, 15) is 4.79 Å². The second-order valence-corrected chi connectivity index (χ2v) is 7.44. The van der Waals surface area contributed by atoms with Gasteiger partial charge in [-0.25, -0.2) is 0 Å². The highest BCUT2D eigenvalue weighted by Crippen LogP contribution is 2.26. The first kappa shape index (κ1) is 15.0. The van der Waals surface area contributed by atoms with Crippen LogP contribution in [0, 0.1) is 5.41 Å². The molecular weight excluding hydrogens is 242 g/mol. The normalized spacial score (nSPS) is 12.9. The smallest absolute Gasteiger partial charge is 0.244 e. The van der Waals surface area contributed by atoms with Gasteiger partial charge < -0.3 is 5.32 Å². The van der Waals surface area contributed by atoms with Crippen molar-refractivity contribution < 1.29 is 4.79 Å². The van der Waals surface area contributed by atoms with E-state index < -0.39 is 0 Å². The van der Waals surface area contributed by atoms with Gasteiger partial charge in [0.05, 0.1) is 0 Å². The number of nitrogens with one attached hydrogen (secondary N) is 1. The number of hydrogen-bond donors (Lipinski definition) is 1. The highest BCUT2D eigenvalue weighted by Gasteiger charge is 2.26. The molecule has 100 valence electrons. The number of hydrogen-bond acceptors (Lipinski definition) is 2. The lowest BCUT2D eigenvalue weighted by Gasteiger charge is -2.32. The monoisotopic (exact) mass is 265 g/mol. The molecule has 0 aromatic carbocycles. The Kier molecular flexibility index (Phi) is 4.74. The van der Waals surface area contributed by atoms with Crippen LogP contribution in [0.25, 0.3) is 6.08 Å². The van der Waals surface area contributed by atoms with E-state index in [1.165, 1.54) is 0 Å². The summed E-state index contributed by atoms with van der Waals surface area (Å²) in [6, 6.07) is 3.97. The van der Waals surface area contributed by atoms with Gasteiger partial charge >= 0.3 is 0 Å². The Hall–Kier alpha value is -1.09. The van der Waals surface area contributed by atoms with Crippen LogP contribution in [0.15, 0.2) is 23.6 Å². The van der Waals surface area contributed by atoms with Crippen molar-refractivity contribution in [1.82, 2.24) is 5.32 Å². The molecule has 1 aromatic heterocycles. The zero-order valence-corrected chi connectivity index (χ0v) is 12.7. The molecule has 0 saturated heterocycles. The highest BCUT2D eigenvalue weighted by atomic mass is 32.1. The minimum atomic E-state index is -0.185. The summed E-state index contributed by atoms with van der Waals surface area (Å²) >= 11 is 1.63. The molecule has 0 fully saturated rings. The second-order valence-electron chi connectivity index (χ2n) is 6.46. The number of rotatable bonds is 4. The molecule has 0 spiro atoms.